The minimum absolute atomic E-state index is 0.506. The molecule has 5 aromatic rings. The molecule has 0 unspecified atom stereocenters. The molecule has 0 aliphatic heterocycles. The fraction of sp³-hybridized carbons (Fsp3) is 0.192. The van der Waals surface area contributed by atoms with E-state index in [1.54, 1.807) is 6.20 Å². The minimum atomic E-state index is -1.45. The van der Waals surface area contributed by atoms with Crippen LogP contribution in [0.2, 0.25) is 0 Å². The molecule has 0 aliphatic rings. The highest BCUT2D eigenvalue weighted by molar-refractivity contribution is 6.09. The van der Waals surface area contributed by atoms with Crippen LogP contribution in [0.1, 0.15) is 29.1 Å². The zero-order chi connectivity index (χ0) is 21.1. The van der Waals surface area contributed by atoms with Crippen LogP contribution in [0.15, 0.2) is 79.1 Å². The smallest absolute Gasteiger partial charge is 0.0709 e. The molecule has 0 bridgehead atoms. The van der Waals surface area contributed by atoms with Crippen molar-refractivity contribution < 1.29 is 2.74 Å². The second-order valence-corrected chi connectivity index (χ2v) is 8.35. The molecule has 0 N–H and O–H groups in total. The molecular formula is C26H24N2. The van der Waals surface area contributed by atoms with Gasteiger partial charge in [0, 0.05) is 31.5 Å². The summed E-state index contributed by atoms with van der Waals surface area (Å²) in [5, 5.41) is 3.54. The van der Waals surface area contributed by atoms with Crippen molar-refractivity contribution in [1.29, 1.82) is 0 Å². The molecule has 0 amide bonds. The Morgan fingerprint density at radius 3 is 2.50 bits per heavy atom. The van der Waals surface area contributed by atoms with Crippen molar-refractivity contribution in [3.05, 3.63) is 84.7 Å². The van der Waals surface area contributed by atoms with Crippen LogP contribution >= 0.6 is 0 Å². The Morgan fingerprint density at radius 1 is 0.893 bits per heavy atom. The van der Waals surface area contributed by atoms with Gasteiger partial charge < -0.3 is 4.40 Å². The summed E-state index contributed by atoms with van der Waals surface area (Å²) in [5.74, 6) is 0. The molecule has 0 fully saturated rings. The van der Waals surface area contributed by atoms with Gasteiger partial charge in [0.1, 0.15) is 0 Å². The Kier molecular flexibility index (Phi) is 3.29. The fourth-order valence-corrected chi connectivity index (χ4v) is 3.95. The van der Waals surface area contributed by atoms with E-state index in [4.69, 9.17) is 7.73 Å². The van der Waals surface area contributed by atoms with Crippen LogP contribution < -0.4 is 0 Å². The van der Waals surface area contributed by atoms with Gasteiger partial charge in [-0.3, -0.25) is 4.98 Å². The molecule has 0 spiro atoms. The van der Waals surface area contributed by atoms with Crippen LogP contribution in [0.3, 0.4) is 0 Å². The first-order valence-electron chi connectivity index (χ1n) is 10.7. The maximum atomic E-state index is 8.52. The lowest BCUT2D eigenvalue weighted by Crippen LogP contribution is -2.09. The molecule has 5 rings (SSSR count). The third-order valence-electron chi connectivity index (χ3n) is 5.06. The molecule has 0 radical (unpaired) electrons. The summed E-state index contributed by atoms with van der Waals surface area (Å²) < 4.78 is 19.3. The third kappa shape index (κ3) is 2.86. The normalized spacial score (nSPS) is 13.8. The first-order chi connectivity index (χ1) is 14.3. The monoisotopic (exact) mass is 366 g/mol. The van der Waals surface area contributed by atoms with Gasteiger partial charge in [-0.15, -0.1) is 0 Å². The molecule has 0 atom stereocenters. The van der Waals surface area contributed by atoms with E-state index in [0.717, 1.165) is 22.2 Å². The predicted octanol–water partition coefficient (Wildman–Crippen LogP) is 6.90. The van der Waals surface area contributed by atoms with Crippen LogP contribution in [0, 0.1) is 5.41 Å². The molecule has 0 aliphatic carbocycles. The lowest BCUT2D eigenvalue weighted by atomic mass is 9.88. The summed E-state index contributed by atoms with van der Waals surface area (Å²) in [7, 11) is 0. The minimum Gasteiger partial charge on any atom is -0.316 e. The van der Waals surface area contributed by atoms with Crippen LogP contribution in [-0.2, 0) is 6.37 Å². The van der Waals surface area contributed by atoms with E-state index in [-0.39, 0.29) is 0 Å². The average molecular weight is 367 g/mol. The fourth-order valence-electron chi connectivity index (χ4n) is 3.95. The van der Waals surface area contributed by atoms with Gasteiger partial charge in [0.15, 0.2) is 0 Å². The number of rotatable bonds is 2. The number of fused-ring (bicyclic) bond motifs is 5. The maximum Gasteiger partial charge on any atom is 0.0709 e. The Bertz CT molecular complexity index is 1390. The molecule has 0 saturated heterocycles. The van der Waals surface area contributed by atoms with E-state index < -0.39 is 11.8 Å². The quantitative estimate of drug-likeness (QED) is 0.332. The Morgan fingerprint density at radius 2 is 1.71 bits per heavy atom. The van der Waals surface area contributed by atoms with Crippen molar-refractivity contribution in [2.75, 3.05) is 0 Å². The topological polar surface area (TPSA) is 17.3 Å². The highest BCUT2D eigenvalue weighted by Crippen LogP contribution is 2.34. The summed E-state index contributed by atoms with van der Waals surface area (Å²) in [6.45, 7) is 5.75. The molecule has 0 saturated carbocycles. The van der Waals surface area contributed by atoms with Crippen molar-refractivity contribution in [1.82, 2.24) is 9.38 Å². The summed E-state index contributed by atoms with van der Waals surface area (Å²) in [6, 6.07) is 22.9. The van der Waals surface area contributed by atoms with Gasteiger partial charge in [0.05, 0.1) is 16.7 Å². The number of benzene rings is 2. The van der Waals surface area contributed by atoms with Crippen LogP contribution in [0.4, 0.5) is 0 Å². The van der Waals surface area contributed by atoms with E-state index in [9.17, 15) is 0 Å². The van der Waals surface area contributed by atoms with Gasteiger partial charge in [-0.2, -0.15) is 0 Å². The Balaban J connectivity index is 1.73. The molecule has 2 nitrogen and oxygen atoms in total. The zero-order valence-electron chi connectivity index (χ0n) is 18.4. The van der Waals surface area contributed by atoms with Gasteiger partial charge >= 0.3 is 0 Å². The van der Waals surface area contributed by atoms with Crippen molar-refractivity contribution in [2.24, 2.45) is 5.41 Å². The first kappa shape index (κ1) is 14.9. The van der Waals surface area contributed by atoms with Crippen molar-refractivity contribution in [3.63, 3.8) is 0 Å². The second kappa shape index (κ2) is 6.20. The van der Waals surface area contributed by atoms with Crippen LogP contribution in [0.25, 0.3) is 38.4 Å². The van der Waals surface area contributed by atoms with Gasteiger partial charge in [-0.05, 0) is 47.0 Å². The van der Waals surface area contributed by atoms with Gasteiger partial charge in [-0.1, -0.05) is 63.2 Å². The van der Waals surface area contributed by atoms with E-state index in [1.807, 2.05) is 32.9 Å². The summed E-state index contributed by atoms with van der Waals surface area (Å²) in [4.78, 5) is 4.69. The highest BCUT2D eigenvalue weighted by Gasteiger charge is 2.14. The number of hydrogen-bond donors (Lipinski definition) is 0. The first-order valence-corrected chi connectivity index (χ1v) is 9.66. The number of para-hydroxylation sites is 1. The number of hydrogen-bond acceptors (Lipinski definition) is 1. The van der Waals surface area contributed by atoms with E-state index in [2.05, 4.69) is 65.2 Å². The number of nitrogens with zero attached hydrogens (tertiary/aromatic N) is 2. The Hall–Kier alpha value is -3.13. The summed E-state index contributed by atoms with van der Waals surface area (Å²) in [5.41, 5.74) is 4.35. The van der Waals surface area contributed by atoms with Crippen molar-refractivity contribution >= 4 is 27.2 Å². The molecule has 28 heavy (non-hydrogen) atoms. The summed E-state index contributed by atoms with van der Waals surface area (Å²) >= 11 is 0. The second-order valence-electron chi connectivity index (χ2n) is 8.35. The van der Waals surface area contributed by atoms with Crippen LogP contribution in [-0.4, -0.2) is 9.38 Å². The van der Waals surface area contributed by atoms with Crippen molar-refractivity contribution in [2.45, 2.75) is 27.1 Å². The molecule has 3 heterocycles. The van der Waals surface area contributed by atoms with Crippen molar-refractivity contribution in [3.8, 4) is 11.3 Å². The SMILES string of the molecule is [2H]C([2H])(c1ccc(-c2cccc3ccn4c5ccccc5cc4c23)nc1)C(C)(C)C. The van der Waals surface area contributed by atoms with E-state index in [0.29, 0.717) is 5.56 Å². The van der Waals surface area contributed by atoms with Gasteiger partial charge in [0.25, 0.3) is 0 Å². The third-order valence-corrected chi connectivity index (χ3v) is 5.06. The Labute approximate surface area is 168 Å². The molecule has 138 valence electrons. The molecule has 2 heteroatoms. The number of pyridine rings is 2. The number of aromatic nitrogens is 2. The predicted molar refractivity (Wildman–Crippen MR) is 119 cm³/mol. The zero-order valence-corrected chi connectivity index (χ0v) is 16.4. The standard InChI is InChI=1S/C26H24N2/c1-26(2,3)16-18-11-12-22(27-17-18)21-9-6-8-19-13-14-28-23-10-5-4-7-20(23)15-24(28)25(19)21/h4-15,17H,16H2,1-3H3/i16D2. The van der Waals surface area contributed by atoms with Gasteiger partial charge in [0.2, 0.25) is 0 Å². The van der Waals surface area contributed by atoms with Gasteiger partial charge in [-0.25, -0.2) is 0 Å². The lowest BCUT2D eigenvalue weighted by molar-refractivity contribution is 0.411. The van der Waals surface area contributed by atoms with E-state index in [1.165, 1.54) is 16.3 Å². The highest BCUT2D eigenvalue weighted by atomic mass is 14.9. The molecular weight excluding hydrogens is 340 g/mol. The van der Waals surface area contributed by atoms with Crippen LogP contribution in [0.5, 0.6) is 0 Å². The average Bonchev–Trinajstić information content (AvgIpc) is 3.11. The maximum absolute atomic E-state index is 8.52. The van der Waals surface area contributed by atoms with E-state index >= 15 is 0 Å². The lowest BCUT2D eigenvalue weighted by Gasteiger charge is -2.18. The largest absolute Gasteiger partial charge is 0.316 e. The summed E-state index contributed by atoms with van der Waals surface area (Å²) in [6.07, 6.45) is 2.36. The molecule has 3 aromatic heterocycles. The molecule has 2 aromatic carbocycles.